The number of hydrogen-bond donors (Lipinski definition) is 1. The van der Waals surface area contributed by atoms with Crippen LogP contribution in [0.3, 0.4) is 0 Å². The number of aryl methyl sites for hydroxylation is 1. The average Bonchev–Trinajstić information content (AvgIpc) is 2.75. The molecule has 0 radical (unpaired) electrons. The summed E-state index contributed by atoms with van der Waals surface area (Å²) in [6.45, 7) is 6.39. The number of thiocarbonyl (C=S) groups is 1. The predicted molar refractivity (Wildman–Crippen MR) is 128 cm³/mol. The normalized spacial score (nSPS) is 22.3. The van der Waals surface area contributed by atoms with E-state index in [9.17, 15) is 4.79 Å². The average molecular weight is 414 g/mol. The molecule has 1 heterocycles. The first-order chi connectivity index (χ1) is 14.5. The van der Waals surface area contributed by atoms with Crippen molar-refractivity contribution in [1.82, 2.24) is 5.32 Å². The van der Waals surface area contributed by atoms with Crippen molar-refractivity contribution in [2.45, 2.75) is 26.2 Å². The Morgan fingerprint density at radius 2 is 1.93 bits per heavy atom. The molecule has 0 saturated carbocycles. The minimum Gasteiger partial charge on any atom is -0.375 e. The third-order valence-corrected chi connectivity index (χ3v) is 6.41. The van der Waals surface area contributed by atoms with Gasteiger partial charge in [-0.25, -0.2) is 0 Å². The van der Waals surface area contributed by atoms with E-state index < -0.39 is 0 Å². The van der Waals surface area contributed by atoms with Crippen molar-refractivity contribution >= 4 is 28.6 Å². The first-order valence-electron chi connectivity index (χ1n) is 10.5. The molecule has 2 atom stereocenters. The van der Waals surface area contributed by atoms with E-state index in [2.05, 4.69) is 79.5 Å². The largest absolute Gasteiger partial charge is 0.375 e. The molecule has 0 bridgehead atoms. The summed E-state index contributed by atoms with van der Waals surface area (Å²) in [5, 5.41) is 3.23. The van der Waals surface area contributed by atoms with E-state index in [1.165, 1.54) is 22.3 Å². The summed E-state index contributed by atoms with van der Waals surface area (Å²) in [4.78, 5) is 13.7. The monoisotopic (exact) mass is 413 g/mol. The lowest BCUT2D eigenvalue weighted by Gasteiger charge is -2.27. The summed E-state index contributed by atoms with van der Waals surface area (Å²) >= 11 is 5.37. The fraction of sp³-hybridized carbons (Fsp3) is 0.259. The number of rotatable bonds is 5. The number of fused-ring (bicyclic) bond motifs is 1. The van der Waals surface area contributed by atoms with Crippen molar-refractivity contribution in [3.05, 3.63) is 101 Å². The molecule has 0 spiro atoms. The van der Waals surface area contributed by atoms with E-state index in [0.717, 1.165) is 24.0 Å². The first-order valence-corrected chi connectivity index (χ1v) is 10.9. The molecule has 1 saturated heterocycles. The molecule has 4 rings (SSSR count). The highest BCUT2D eigenvalue weighted by Gasteiger charge is 2.30. The van der Waals surface area contributed by atoms with Gasteiger partial charge in [0.2, 0.25) is 0 Å². The van der Waals surface area contributed by atoms with Crippen LogP contribution in [-0.4, -0.2) is 17.3 Å². The Kier molecular flexibility index (Phi) is 6.10. The van der Waals surface area contributed by atoms with E-state index in [0.29, 0.717) is 23.9 Å². The van der Waals surface area contributed by atoms with Crippen molar-refractivity contribution in [2.24, 2.45) is 11.8 Å². The molecule has 1 aliphatic heterocycles. The molecular weight excluding hydrogens is 386 g/mol. The summed E-state index contributed by atoms with van der Waals surface area (Å²) in [7, 11) is 0. The van der Waals surface area contributed by atoms with Gasteiger partial charge in [-0.05, 0) is 60.4 Å². The van der Waals surface area contributed by atoms with Crippen LogP contribution >= 0.6 is 12.2 Å². The van der Waals surface area contributed by atoms with Gasteiger partial charge in [0.1, 0.15) is 0 Å². The number of ketones is 1. The van der Waals surface area contributed by atoms with Crippen LogP contribution in [0.4, 0.5) is 0 Å². The molecule has 1 N–H and O–H groups in total. The maximum atomic E-state index is 13.0. The predicted octanol–water partition coefficient (Wildman–Crippen LogP) is 5.41. The third-order valence-electron chi connectivity index (χ3n) is 5.98. The summed E-state index contributed by atoms with van der Waals surface area (Å²) in [5.41, 5.74) is 7.14. The van der Waals surface area contributed by atoms with Gasteiger partial charge in [-0.1, -0.05) is 78.5 Å². The van der Waals surface area contributed by atoms with Crippen LogP contribution < -0.4 is 5.32 Å². The summed E-state index contributed by atoms with van der Waals surface area (Å²) in [6.07, 6.45) is 8.79. The van der Waals surface area contributed by atoms with E-state index in [1.54, 1.807) is 6.08 Å². The molecule has 2 nitrogen and oxygen atoms in total. The molecule has 2 aliphatic rings. The molecule has 0 aromatic heterocycles. The Hall–Kier alpha value is -2.78. The zero-order valence-corrected chi connectivity index (χ0v) is 18.2. The summed E-state index contributed by atoms with van der Waals surface area (Å²) in [5.74, 6) is 0.240. The van der Waals surface area contributed by atoms with Crippen molar-refractivity contribution in [3.8, 4) is 0 Å². The van der Waals surface area contributed by atoms with Crippen LogP contribution in [0.2, 0.25) is 0 Å². The number of Topliss-reactive ketones (excluding diaryl/α,β-unsaturated/α-hetero) is 1. The Balaban J connectivity index is 1.66. The topological polar surface area (TPSA) is 29.1 Å². The van der Waals surface area contributed by atoms with Crippen LogP contribution in [0.15, 0.2) is 78.9 Å². The van der Waals surface area contributed by atoms with E-state index in [-0.39, 0.29) is 11.7 Å². The van der Waals surface area contributed by atoms with Gasteiger partial charge in [0.25, 0.3) is 0 Å². The molecule has 3 heteroatoms. The zero-order chi connectivity index (χ0) is 21.1. The van der Waals surface area contributed by atoms with Crippen LogP contribution in [0.5, 0.6) is 0 Å². The molecule has 2 unspecified atom stereocenters. The number of carbonyl (C=O) groups is 1. The smallest absolute Gasteiger partial charge is 0.170 e. The fourth-order valence-corrected chi connectivity index (χ4v) is 4.65. The van der Waals surface area contributed by atoms with Crippen LogP contribution in [0, 0.1) is 18.8 Å². The minimum absolute atomic E-state index is 0.123. The van der Waals surface area contributed by atoms with Gasteiger partial charge in [-0.15, -0.1) is 6.58 Å². The van der Waals surface area contributed by atoms with E-state index >= 15 is 0 Å². The molecule has 0 amide bonds. The maximum Gasteiger partial charge on any atom is 0.170 e. The van der Waals surface area contributed by atoms with Gasteiger partial charge in [0, 0.05) is 12.1 Å². The highest BCUT2D eigenvalue weighted by molar-refractivity contribution is 7.80. The molecule has 1 fully saturated rings. The first kappa shape index (κ1) is 20.5. The number of benzene rings is 2. The lowest BCUT2D eigenvalue weighted by Crippen LogP contribution is -2.42. The molecule has 152 valence electrons. The Bertz CT molecular complexity index is 1040. The van der Waals surface area contributed by atoms with Gasteiger partial charge >= 0.3 is 0 Å². The van der Waals surface area contributed by atoms with Crippen LogP contribution in [-0.2, 0) is 17.6 Å². The highest BCUT2D eigenvalue weighted by Crippen LogP contribution is 2.33. The molecular formula is C27H27NOS. The summed E-state index contributed by atoms with van der Waals surface area (Å²) in [6, 6.07) is 17.3. The SMILES string of the molecule is C=CCC1C(=O)/C(=C/C2=CC(Cc3ccc(C)cc3)Cc3ccccc32)CNC1=S. The second kappa shape index (κ2) is 8.93. The van der Waals surface area contributed by atoms with E-state index in [4.69, 9.17) is 12.2 Å². The fourth-order valence-electron chi connectivity index (χ4n) is 4.38. The second-order valence-corrected chi connectivity index (χ2v) is 8.70. The van der Waals surface area contributed by atoms with Gasteiger partial charge in [0.15, 0.2) is 5.78 Å². The summed E-state index contributed by atoms with van der Waals surface area (Å²) < 4.78 is 0. The number of hydrogen-bond acceptors (Lipinski definition) is 2. The standard InChI is InChI=1S/C27H27NOS/c1-3-6-25-26(29)23(17-28-27(25)30)16-22-15-20(13-19-11-9-18(2)10-12-19)14-21-7-4-5-8-24(21)22/h3-5,7-12,15-16,20,25H,1,6,13-14,17H2,2H3,(H,28,30)/b23-16+. The van der Waals surface area contributed by atoms with Gasteiger partial charge < -0.3 is 5.32 Å². The molecule has 2 aromatic rings. The minimum atomic E-state index is -0.291. The molecule has 2 aromatic carbocycles. The Morgan fingerprint density at radius 1 is 1.17 bits per heavy atom. The Morgan fingerprint density at radius 3 is 2.70 bits per heavy atom. The number of carbonyl (C=O) groups excluding carboxylic acids is 1. The molecule has 30 heavy (non-hydrogen) atoms. The molecule has 1 aliphatic carbocycles. The zero-order valence-electron chi connectivity index (χ0n) is 17.4. The third kappa shape index (κ3) is 4.36. The van der Waals surface area contributed by atoms with Gasteiger partial charge in [0.05, 0.1) is 10.9 Å². The quantitative estimate of drug-likeness (QED) is 0.404. The second-order valence-electron chi connectivity index (χ2n) is 8.26. The number of piperidine rings is 1. The van der Waals surface area contributed by atoms with Gasteiger partial charge in [-0.2, -0.15) is 0 Å². The Labute approximate surface area is 184 Å². The highest BCUT2D eigenvalue weighted by atomic mass is 32.1. The van der Waals surface area contributed by atoms with Crippen LogP contribution in [0.25, 0.3) is 5.57 Å². The van der Waals surface area contributed by atoms with Crippen molar-refractivity contribution < 1.29 is 4.79 Å². The van der Waals surface area contributed by atoms with Crippen molar-refractivity contribution in [2.75, 3.05) is 6.54 Å². The number of nitrogens with one attached hydrogen (secondary N) is 1. The van der Waals surface area contributed by atoms with Crippen molar-refractivity contribution in [3.63, 3.8) is 0 Å². The lowest BCUT2D eigenvalue weighted by atomic mass is 9.80. The lowest BCUT2D eigenvalue weighted by molar-refractivity contribution is -0.117. The van der Waals surface area contributed by atoms with E-state index in [1.807, 2.05) is 0 Å². The maximum absolute atomic E-state index is 13.0. The van der Waals surface area contributed by atoms with Gasteiger partial charge in [-0.3, -0.25) is 4.79 Å². The number of allylic oxidation sites excluding steroid dienone is 4. The van der Waals surface area contributed by atoms with Crippen molar-refractivity contribution in [1.29, 1.82) is 0 Å². The van der Waals surface area contributed by atoms with Crippen LogP contribution in [0.1, 0.15) is 28.7 Å².